The minimum atomic E-state index is -0.973. The SMILES string of the molecule is Cn1cc(-c2cc(Cl)c(C(=O)N3CCc4c(cccc4-c4ccc(C(=O)O)c(N5CCCCC5)n4)C3)c(Cl)c2)cn1. The van der Waals surface area contributed by atoms with Crippen molar-refractivity contribution in [2.24, 2.45) is 7.05 Å². The minimum Gasteiger partial charge on any atom is -0.478 e. The van der Waals surface area contributed by atoms with Gasteiger partial charge in [-0.05, 0) is 66.6 Å². The molecule has 1 amide bonds. The van der Waals surface area contributed by atoms with Crippen molar-refractivity contribution in [1.29, 1.82) is 0 Å². The van der Waals surface area contributed by atoms with Crippen molar-refractivity contribution < 1.29 is 14.7 Å². The van der Waals surface area contributed by atoms with E-state index in [1.807, 2.05) is 31.4 Å². The highest BCUT2D eigenvalue weighted by Crippen LogP contribution is 2.36. The molecule has 0 aliphatic carbocycles. The molecule has 1 N–H and O–H groups in total. The number of hydrogen-bond donors (Lipinski definition) is 1. The lowest BCUT2D eigenvalue weighted by molar-refractivity contribution is 0.0695. The summed E-state index contributed by atoms with van der Waals surface area (Å²) >= 11 is 13.2. The van der Waals surface area contributed by atoms with Crippen LogP contribution in [0.3, 0.4) is 0 Å². The van der Waals surface area contributed by atoms with Crippen LogP contribution in [0, 0.1) is 0 Å². The van der Waals surface area contributed by atoms with Crippen molar-refractivity contribution in [2.45, 2.75) is 32.2 Å². The first kappa shape index (κ1) is 27.3. The molecule has 4 aromatic rings. The molecule has 2 aliphatic rings. The summed E-state index contributed by atoms with van der Waals surface area (Å²) in [6.45, 7) is 2.50. The highest BCUT2D eigenvalue weighted by Gasteiger charge is 2.28. The third-order valence-corrected chi connectivity index (χ3v) is 8.48. The Hall–Kier alpha value is -3.88. The summed E-state index contributed by atoms with van der Waals surface area (Å²) in [6.07, 6.45) is 7.41. The highest BCUT2D eigenvalue weighted by atomic mass is 35.5. The van der Waals surface area contributed by atoms with Crippen LogP contribution in [0.15, 0.2) is 54.9 Å². The van der Waals surface area contributed by atoms with Gasteiger partial charge in [-0.25, -0.2) is 9.78 Å². The number of amides is 1. The number of hydrogen-bond acceptors (Lipinski definition) is 5. The number of aryl methyl sites for hydroxylation is 1. The fraction of sp³-hybridized carbons (Fsp3) is 0.290. The Balaban J connectivity index is 1.28. The number of aromatic nitrogens is 3. The van der Waals surface area contributed by atoms with E-state index >= 15 is 0 Å². The number of aromatic carboxylic acids is 1. The van der Waals surface area contributed by atoms with E-state index in [4.69, 9.17) is 28.2 Å². The number of anilines is 1. The van der Waals surface area contributed by atoms with E-state index in [9.17, 15) is 14.7 Å². The Kier molecular flexibility index (Phi) is 7.45. The largest absolute Gasteiger partial charge is 0.478 e. The second-order valence-electron chi connectivity index (χ2n) is 10.6. The summed E-state index contributed by atoms with van der Waals surface area (Å²) < 4.78 is 1.69. The highest BCUT2D eigenvalue weighted by molar-refractivity contribution is 6.40. The van der Waals surface area contributed by atoms with Crippen LogP contribution in [0.25, 0.3) is 22.4 Å². The Morgan fingerprint density at radius 3 is 2.39 bits per heavy atom. The number of carboxylic acid groups (broad SMARTS) is 1. The van der Waals surface area contributed by atoms with Crippen molar-refractivity contribution >= 4 is 40.9 Å². The first-order valence-electron chi connectivity index (χ1n) is 13.7. The summed E-state index contributed by atoms with van der Waals surface area (Å²) in [7, 11) is 1.83. The lowest BCUT2D eigenvalue weighted by Crippen LogP contribution is -2.36. The molecule has 10 heteroatoms. The maximum atomic E-state index is 13.6. The first-order chi connectivity index (χ1) is 19.8. The van der Waals surface area contributed by atoms with Crippen molar-refractivity contribution in [3.8, 4) is 22.4 Å². The Bertz CT molecular complexity index is 1640. The van der Waals surface area contributed by atoms with Gasteiger partial charge < -0.3 is 14.9 Å². The van der Waals surface area contributed by atoms with Gasteiger partial charge in [-0.1, -0.05) is 41.4 Å². The van der Waals surface area contributed by atoms with Crippen LogP contribution in [0.4, 0.5) is 5.82 Å². The molecule has 2 aromatic carbocycles. The van der Waals surface area contributed by atoms with Gasteiger partial charge in [0.05, 0.1) is 27.5 Å². The number of fused-ring (bicyclic) bond motifs is 1. The number of pyridine rings is 1. The molecule has 2 aliphatic heterocycles. The summed E-state index contributed by atoms with van der Waals surface area (Å²) in [5.41, 5.74) is 6.00. The van der Waals surface area contributed by atoms with Gasteiger partial charge in [-0.3, -0.25) is 9.48 Å². The molecule has 0 radical (unpaired) electrons. The van der Waals surface area contributed by atoms with Crippen LogP contribution in [0.5, 0.6) is 0 Å². The zero-order chi connectivity index (χ0) is 28.7. The first-order valence-corrected chi connectivity index (χ1v) is 14.4. The smallest absolute Gasteiger partial charge is 0.339 e. The maximum Gasteiger partial charge on any atom is 0.339 e. The van der Waals surface area contributed by atoms with Gasteiger partial charge in [-0.15, -0.1) is 0 Å². The van der Waals surface area contributed by atoms with Gasteiger partial charge in [0.2, 0.25) is 0 Å². The lowest BCUT2D eigenvalue weighted by Gasteiger charge is -2.31. The van der Waals surface area contributed by atoms with Crippen LogP contribution in [-0.4, -0.2) is 56.3 Å². The fourth-order valence-corrected chi connectivity index (χ4v) is 6.46. The van der Waals surface area contributed by atoms with Crippen LogP contribution < -0.4 is 4.90 Å². The minimum absolute atomic E-state index is 0.217. The standard InChI is InChI=1S/C31H29Cl2N5O3/c1-36-17-21(16-34-36)20-14-25(32)28(26(33)15-20)30(39)38-13-10-22-19(18-38)6-5-7-23(22)27-9-8-24(31(40)41)29(35-27)37-11-3-2-4-12-37/h5-9,14-17H,2-4,10-13,18H2,1H3,(H,40,41). The average molecular weight is 591 g/mol. The molecule has 210 valence electrons. The van der Waals surface area contributed by atoms with Crippen LogP contribution in [0.2, 0.25) is 10.0 Å². The zero-order valence-corrected chi connectivity index (χ0v) is 24.1. The quantitative estimate of drug-likeness (QED) is 0.292. The molecule has 6 rings (SSSR count). The molecular weight excluding hydrogens is 561 g/mol. The number of carbonyl (C=O) groups excluding carboxylic acids is 1. The van der Waals surface area contributed by atoms with Gasteiger partial charge >= 0.3 is 5.97 Å². The Labute approximate surface area is 248 Å². The Morgan fingerprint density at radius 2 is 1.71 bits per heavy atom. The van der Waals surface area contributed by atoms with Gasteiger partial charge in [0.25, 0.3) is 5.91 Å². The van der Waals surface area contributed by atoms with Crippen LogP contribution >= 0.6 is 23.2 Å². The number of carbonyl (C=O) groups is 2. The van der Waals surface area contributed by atoms with Crippen molar-refractivity contribution in [3.63, 3.8) is 0 Å². The van der Waals surface area contributed by atoms with Crippen LogP contribution in [-0.2, 0) is 20.0 Å². The number of nitrogens with zero attached hydrogens (tertiary/aromatic N) is 5. The van der Waals surface area contributed by atoms with E-state index in [0.717, 1.165) is 65.9 Å². The van der Waals surface area contributed by atoms with Crippen molar-refractivity contribution in [3.05, 3.63) is 87.2 Å². The van der Waals surface area contributed by atoms with E-state index in [1.165, 1.54) is 0 Å². The molecule has 0 unspecified atom stereocenters. The second-order valence-corrected chi connectivity index (χ2v) is 11.4. The fourth-order valence-electron chi connectivity index (χ4n) is 5.81. The number of carboxylic acids is 1. The Morgan fingerprint density at radius 1 is 0.951 bits per heavy atom. The van der Waals surface area contributed by atoms with Gasteiger partial charge in [0.1, 0.15) is 11.4 Å². The molecule has 0 saturated carbocycles. The summed E-state index contributed by atoms with van der Waals surface area (Å²) in [5.74, 6) is -0.663. The van der Waals surface area contributed by atoms with E-state index < -0.39 is 5.97 Å². The van der Waals surface area contributed by atoms with Gasteiger partial charge in [0, 0.05) is 50.6 Å². The van der Waals surface area contributed by atoms with Gasteiger partial charge in [-0.2, -0.15) is 5.10 Å². The third kappa shape index (κ3) is 5.29. The topological polar surface area (TPSA) is 91.6 Å². The normalized spacial score (nSPS) is 15.1. The number of benzene rings is 2. The van der Waals surface area contributed by atoms with E-state index in [-0.39, 0.29) is 17.0 Å². The number of rotatable bonds is 5. The van der Waals surface area contributed by atoms with Crippen molar-refractivity contribution in [1.82, 2.24) is 19.7 Å². The van der Waals surface area contributed by atoms with E-state index in [0.29, 0.717) is 35.4 Å². The molecule has 8 nitrogen and oxygen atoms in total. The molecular formula is C31H29Cl2N5O3. The third-order valence-electron chi connectivity index (χ3n) is 7.88. The molecule has 4 heterocycles. The molecule has 0 bridgehead atoms. The predicted octanol–water partition coefficient (Wildman–Crippen LogP) is 6.34. The summed E-state index contributed by atoms with van der Waals surface area (Å²) in [6, 6.07) is 12.9. The number of halogens is 2. The molecule has 0 spiro atoms. The zero-order valence-electron chi connectivity index (χ0n) is 22.6. The molecule has 41 heavy (non-hydrogen) atoms. The molecule has 2 aromatic heterocycles. The predicted molar refractivity (Wildman–Crippen MR) is 160 cm³/mol. The van der Waals surface area contributed by atoms with Gasteiger partial charge in [0.15, 0.2) is 0 Å². The average Bonchev–Trinajstić information content (AvgIpc) is 3.42. The van der Waals surface area contributed by atoms with Crippen LogP contribution in [0.1, 0.15) is 51.1 Å². The number of piperidine rings is 1. The van der Waals surface area contributed by atoms with Crippen molar-refractivity contribution in [2.75, 3.05) is 24.5 Å². The molecule has 1 fully saturated rings. The maximum absolute atomic E-state index is 13.6. The molecule has 1 saturated heterocycles. The summed E-state index contributed by atoms with van der Waals surface area (Å²) in [4.78, 5) is 34.3. The lowest BCUT2D eigenvalue weighted by atomic mass is 9.92. The van der Waals surface area contributed by atoms with E-state index in [2.05, 4.69) is 10.00 Å². The second kappa shape index (κ2) is 11.2. The van der Waals surface area contributed by atoms with E-state index in [1.54, 1.807) is 40.0 Å². The monoisotopic (exact) mass is 589 g/mol. The molecule has 0 atom stereocenters. The summed E-state index contributed by atoms with van der Waals surface area (Å²) in [5, 5.41) is 14.6.